The van der Waals surface area contributed by atoms with Gasteiger partial charge in [0.05, 0.1) is 11.8 Å². The van der Waals surface area contributed by atoms with Crippen molar-refractivity contribution in [1.82, 2.24) is 9.80 Å². The Morgan fingerprint density at radius 3 is 2.53 bits per heavy atom. The van der Waals surface area contributed by atoms with Gasteiger partial charge in [-0.3, -0.25) is 9.69 Å². The summed E-state index contributed by atoms with van der Waals surface area (Å²) < 4.78 is 5.64. The fourth-order valence-corrected chi connectivity index (χ4v) is 2.76. The Labute approximate surface area is 109 Å². The predicted molar refractivity (Wildman–Crippen MR) is 66.9 cm³/mol. The Bertz CT molecular complexity index is 420. The summed E-state index contributed by atoms with van der Waals surface area (Å²) in [6.45, 7) is 3.66. The predicted octanol–water partition coefficient (Wildman–Crippen LogP) is 1.96. The highest BCUT2D eigenvalue weighted by molar-refractivity contribution is 9.10. The number of hydrogen-bond acceptors (Lipinski definition) is 3. The first-order valence-electron chi connectivity index (χ1n) is 6.02. The van der Waals surface area contributed by atoms with Crippen molar-refractivity contribution in [3.63, 3.8) is 0 Å². The van der Waals surface area contributed by atoms with Crippen LogP contribution in [-0.4, -0.2) is 47.9 Å². The third-order valence-corrected chi connectivity index (χ3v) is 4.13. The fourth-order valence-electron chi connectivity index (χ4n) is 2.35. The van der Waals surface area contributed by atoms with Crippen LogP contribution >= 0.6 is 15.9 Å². The van der Waals surface area contributed by atoms with Gasteiger partial charge in [0.1, 0.15) is 0 Å². The van der Waals surface area contributed by atoms with Crippen LogP contribution in [0.4, 0.5) is 0 Å². The zero-order chi connectivity index (χ0) is 11.8. The first kappa shape index (κ1) is 11.3. The second kappa shape index (κ2) is 4.46. The molecular formula is C12H15BrN2O2. The van der Waals surface area contributed by atoms with Gasteiger partial charge in [-0.25, -0.2) is 0 Å². The van der Waals surface area contributed by atoms with Crippen LogP contribution in [0.25, 0.3) is 0 Å². The maximum Gasteiger partial charge on any atom is 0.258 e. The van der Waals surface area contributed by atoms with E-state index in [0.29, 0.717) is 10.2 Å². The fraction of sp³-hybridized carbons (Fsp3) is 0.583. The number of amides is 1. The number of rotatable bonds is 2. The Morgan fingerprint density at radius 1 is 1.29 bits per heavy atom. The zero-order valence-corrected chi connectivity index (χ0v) is 11.1. The summed E-state index contributed by atoms with van der Waals surface area (Å²) in [6, 6.07) is 2.52. The lowest BCUT2D eigenvalue weighted by molar-refractivity contribution is 0.0625. The van der Waals surface area contributed by atoms with Gasteiger partial charge in [-0.05, 0) is 34.8 Å². The summed E-state index contributed by atoms with van der Waals surface area (Å²) in [5.41, 5.74) is 0.630. The Hall–Kier alpha value is -0.810. The number of carbonyl (C=O) groups is 1. The second-order valence-corrected chi connectivity index (χ2v) is 5.39. The lowest BCUT2D eigenvalue weighted by Crippen LogP contribution is -2.49. The van der Waals surface area contributed by atoms with Crippen molar-refractivity contribution in [2.45, 2.75) is 18.9 Å². The number of halogens is 1. The minimum absolute atomic E-state index is 0.0704. The highest BCUT2D eigenvalue weighted by atomic mass is 79.9. The van der Waals surface area contributed by atoms with Crippen LogP contribution in [0.5, 0.6) is 0 Å². The average molecular weight is 299 g/mol. The second-order valence-electron chi connectivity index (χ2n) is 4.67. The number of hydrogen-bond donors (Lipinski definition) is 0. The van der Waals surface area contributed by atoms with Gasteiger partial charge in [0, 0.05) is 32.2 Å². The average Bonchev–Trinajstić information content (AvgIpc) is 3.12. The molecule has 1 aliphatic carbocycles. The summed E-state index contributed by atoms with van der Waals surface area (Å²) in [7, 11) is 0. The van der Waals surface area contributed by atoms with Gasteiger partial charge in [0.15, 0.2) is 4.67 Å². The van der Waals surface area contributed by atoms with E-state index in [4.69, 9.17) is 4.42 Å². The molecule has 1 aliphatic heterocycles. The van der Waals surface area contributed by atoms with Gasteiger partial charge in [-0.1, -0.05) is 0 Å². The molecule has 0 spiro atoms. The molecule has 1 aromatic rings. The van der Waals surface area contributed by atoms with Crippen molar-refractivity contribution in [2.75, 3.05) is 26.2 Å². The van der Waals surface area contributed by atoms with Crippen LogP contribution in [0.1, 0.15) is 23.2 Å². The van der Waals surface area contributed by atoms with E-state index in [-0.39, 0.29) is 5.91 Å². The Kier molecular flexibility index (Phi) is 2.96. The van der Waals surface area contributed by atoms with Crippen LogP contribution in [0.2, 0.25) is 0 Å². The monoisotopic (exact) mass is 298 g/mol. The van der Waals surface area contributed by atoms with Crippen molar-refractivity contribution in [3.8, 4) is 0 Å². The van der Waals surface area contributed by atoms with E-state index in [1.54, 1.807) is 6.07 Å². The molecule has 0 radical (unpaired) electrons. The topological polar surface area (TPSA) is 36.7 Å². The molecule has 4 nitrogen and oxygen atoms in total. The van der Waals surface area contributed by atoms with Crippen LogP contribution in [0, 0.1) is 0 Å². The van der Waals surface area contributed by atoms with Gasteiger partial charge >= 0.3 is 0 Å². The standard InChI is InChI=1S/C12H15BrN2O2/c13-11-10(3-8-17-11)12(16)15-6-4-14(5-7-15)9-1-2-9/h3,8-9H,1-2,4-7H2. The maximum absolute atomic E-state index is 12.2. The van der Waals surface area contributed by atoms with Gasteiger partial charge in [0.2, 0.25) is 0 Å². The molecule has 1 amide bonds. The van der Waals surface area contributed by atoms with Crippen molar-refractivity contribution < 1.29 is 9.21 Å². The molecule has 1 saturated carbocycles. The number of furan rings is 1. The molecule has 92 valence electrons. The number of carbonyl (C=O) groups excluding carboxylic acids is 1. The summed E-state index contributed by atoms with van der Waals surface area (Å²) in [4.78, 5) is 16.6. The molecule has 3 rings (SSSR count). The normalized spacial score (nSPS) is 21.8. The minimum atomic E-state index is 0.0704. The maximum atomic E-state index is 12.2. The van der Waals surface area contributed by atoms with Crippen molar-refractivity contribution in [1.29, 1.82) is 0 Å². The van der Waals surface area contributed by atoms with Crippen molar-refractivity contribution in [2.24, 2.45) is 0 Å². The van der Waals surface area contributed by atoms with E-state index in [2.05, 4.69) is 20.8 Å². The van der Waals surface area contributed by atoms with Gasteiger partial charge in [-0.2, -0.15) is 0 Å². The molecule has 2 heterocycles. The molecule has 2 aliphatic rings. The minimum Gasteiger partial charge on any atom is -0.457 e. The molecule has 17 heavy (non-hydrogen) atoms. The smallest absolute Gasteiger partial charge is 0.258 e. The van der Waals surface area contributed by atoms with E-state index in [1.165, 1.54) is 19.1 Å². The quantitative estimate of drug-likeness (QED) is 0.837. The Morgan fingerprint density at radius 2 is 2.00 bits per heavy atom. The largest absolute Gasteiger partial charge is 0.457 e. The molecule has 1 saturated heterocycles. The number of piperazine rings is 1. The van der Waals surface area contributed by atoms with E-state index in [9.17, 15) is 4.79 Å². The van der Waals surface area contributed by atoms with E-state index >= 15 is 0 Å². The molecule has 0 unspecified atom stereocenters. The first-order chi connectivity index (χ1) is 8.25. The molecule has 0 aromatic carbocycles. The van der Waals surface area contributed by atoms with Gasteiger partial charge in [0.25, 0.3) is 5.91 Å². The van der Waals surface area contributed by atoms with Gasteiger partial charge < -0.3 is 9.32 Å². The van der Waals surface area contributed by atoms with Crippen molar-refractivity contribution in [3.05, 3.63) is 22.6 Å². The van der Waals surface area contributed by atoms with Crippen LogP contribution in [0.3, 0.4) is 0 Å². The molecule has 5 heteroatoms. The highest BCUT2D eigenvalue weighted by Crippen LogP contribution is 2.28. The summed E-state index contributed by atoms with van der Waals surface area (Å²) in [6.07, 6.45) is 4.21. The lowest BCUT2D eigenvalue weighted by Gasteiger charge is -2.34. The third-order valence-electron chi connectivity index (χ3n) is 3.51. The molecule has 2 fully saturated rings. The molecule has 0 atom stereocenters. The van der Waals surface area contributed by atoms with Crippen LogP contribution in [-0.2, 0) is 0 Å². The van der Waals surface area contributed by atoms with Crippen LogP contribution < -0.4 is 0 Å². The lowest BCUT2D eigenvalue weighted by atomic mass is 10.2. The Balaban J connectivity index is 1.62. The molecule has 1 aromatic heterocycles. The number of nitrogens with zero attached hydrogens (tertiary/aromatic N) is 2. The third kappa shape index (κ3) is 2.26. The van der Waals surface area contributed by atoms with Crippen LogP contribution in [0.15, 0.2) is 21.4 Å². The zero-order valence-electron chi connectivity index (χ0n) is 9.56. The summed E-state index contributed by atoms with van der Waals surface area (Å²) in [5.74, 6) is 0.0704. The first-order valence-corrected chi connectivity index (χ1v) is 6.81. The van der Waals surface area contributed by atoms with Gasteiger partial charge in [-0.15, -0.1) is 0 Å². The van der Waals surface area contributed by atoms with E-state index in [1.807, 2.05) is 4.90 Å². The van der Waals surface area contributed by atoms with Crippen molar-refractivity contribution >= 4 is 21.8 Å². The SMILES string of the molecule is O=C(c1ccoc1Br)N1CCN(C2CC2)CC1. The highest BCUT2D eigenvalue weighted by Gasteiger charge is 2.32. The molecule has 0 N–H and O–H groups in total. The van der Waals surface area contributed by atoms with E-state index in [0.717, 1.165) is 32.2 Å². The molecular weight excluding hydrogens is 284 g/mol. The summed E-state index contributed by atoms with van der Waals surface area (Å²) >= 11 is 3.25. The van der Waals surface area contributed by atoms with E-state index < -0.39 is 0 Å². The molecule has 0 bridgehead atoms. The summed E-state index contributed by atoms with van der Waals surface area (Å²) in [5, 5.41) is 0.